The fourth-order valence-electron chi connectivity index (χ4n) is 2.53. The van der Waals surface area contributed by atoms with E-state index in [1.807, 2.05) is 0 Å². The molecule has 0 aliphatic carbocycles. The number of alkyl carbamates (subject to hydrolysis) is 1. The number of ether oxygens (including phenoxy) is 1. The maximum Gasteiger partial charge on any atom is 0.408 e. The van der Waals surface area contributed by atoms with Gasteiger partial charge in [0.25, 0.3) is 0 Å². The summed E-state index contributed by atoms with van der Waals surface area (Å²) in [7, 11) is 0. The molecule has 3 aromatic rings. The summed E-state index contributed by atoms with van der Waals surface area (Å²) in [6.07, 6.45) is 7.88. The Morgan fingerprint density at radius 2 is 2.11 bits per heavy atom. The molecule has 2 amide bonds. The van der Waals surface area contributed by atoms with Crippen LogP contribution in [0.5, 0.6) is 0 Å². The first-order valence-electron chi connectivity index (χ1n) is 8.54. The number of rotatable bonds is 5. The summed E-state index contributed by atoms with van der Waals surface area (Å²) in [5, 5.41) is 5.45. The van der Waals surface area contributed by atoms with Gasteiger partial charge in [0, 0.05) is 25.0 Å². The van der Waals surface area contributed by atoms with Crippen LogP contribution in [-0.4, -0.2) is 33.0 Å². The molecule has 8 heteroatoms. The van der Waals surface area contributed by atoms with Crippen molar-refractivity contribution in [2.45, 2.75) is 38.8 Å². The van der Waals surface area contributed by atoms with Crippen molar-refractivity contribution >= 4 is 23.3 Å². The van der Waals surface area contributed by atoms with Gasteiger partial charge in [-0.15, -0.1) is 0 Å². The number of nitrogens with one attached hydrogen (secondary N) is 2. The lowest BCUT2D eigenvalue weighted by molar-refractivity contribution is -0.118. The highest BCUT2D eigenvalue weighted by Gasteiger charge is 2.25. The van der Waals surface area contributed by atoms with Gasteiger partial charge < -0.3 is 24.2 Å². The third-order valence-electron chi connectivity index (χ3n) is 3.68. The van der Waals surface area contributed by atoms with Crippen LogP contribution in [0.15, 0.2) is 53.7 Å². The minimum Gasteiger partial charge on any atom is -0.472 e. The average molecular weight is 370 g/mol. The molecule has 1 unspecified atom stereocenters. The van der Waals surface area contributed by atoms with Gasteiger partial charge in [0.15, 0.2) is 0 Å². The zero-order chi connectivity index (χ0) is 19.4. The van der Waals surface area contributed by atoms with Gasteiger partial charge in [-0.2, -0.15) is 0 Å². The quantitative estimate of drug-likeness (QED) is 0.719. The predicted octanol–water partition coefficient (Wildman–Crippen LogP) is 3.00. The fourth-order valence-corrected chi connectivity index (χ4v) is 2.53. The van der Waals surface area contributed by atoms with Crippen LogP contribution in [0, 0.1) is 0 Å². The Bertz CT molecular complexity index is 925. The molecule has 3 aromatic heterocycles. The summed E-state index contributed by atoms with van der Waals surface area (Å²) in [5.74, 6) is -0.360. The van der Waals surface area contributed by atoms with Crippen molar-refractivity contribution in [2.75, 3.05) is 5.32 Å². The Labute approximate surface area is 156 Å². The van der Waals surface area contributed by atoms with Crippen LogP contribution in [0.3, 0.4) is 0 Å². The molecule has 0 bridgehead atoms. The topological polar surface area (TPSA) is 97.9 Å². The summed E-state index contributed by atoms with van der Waals surface area (Å²) in [6.45, 7) is 5.29. The Hall–Kier alpha value is -3.29. The van der Waals surface area contributed by atoms with Gasteiger partial charge in [-0.05, 0) is 44.5 Å². The third kappa shape index (κ3) is 5.10. The lowest BCUT2D eigenvalue weighted by Gasteiger charge is -2.23. The number of pyridine rings is 1. The van der Waals surface area contributed by atoms with E-state index in [1.54, 1.807) is 62.0 Å². The van der Waals surface area contributed by atoms with Crippen molar-refractivity contribution in [3.05, 3.63) is 54.9 Å². The number of fused-ring (bicyclic) bond motifs is 1. The molecular weight excluding hydrogens is 348 g/mol. The first-order valence-corrected chi connectivity index (χ1v) is 8.54. The molecule has 2 N–H and O–H groups in total. The van der Waals surface area contributed by atoms with E-state index in [2.05, 4.69) is 15.6 Å². The molecule has 0 aliphatic heterocycles. The highest BCUT2D eigenvalue weighted by atomic mass is 16.6. The lowest BCUT2D eigenvalue weighted by atomic mass is 10.1. The molecule has 142 valence electrons. The number of amides is 2. The maximum atomic E-state index is 12.8. The van der Waals surface area contributed by atoms with E-state index >= 15 is 0 Å². The number of hydrogen-bond acceptors (Lipinski definition) is 5. The monoisotopic (exact) mass is 370 g/mol. The van der Waals surface area contributed by atoms with Crippen LogP contribution >= 0.6 is 0 Å². The molecule has 0 saturated heterocycles. The molecule has 0 spiro atoms. The summed E-state index contributed by atoms with van der Waals surface area (Å²) in [4.78, 5) is 29.1. The second-order valence-corrected chi connectivity index (χ2v) is 7.13. The van der Waals surface area contributed by atoms with Crippen molar-refractivity contribution in [1.29, 1.82) is 0 Å². The Morgan fingerprint density at radius 1 is 1.30 bits per heavy atom. The van der Waals surface area contributed by atoms with Crippen LogP contribution in [0.25, 0.3) is 5.65 Å². The van der Waals surface area contributed by atoms with Crippen molar-refractivity contribution in [3.8, 4) is 0 Å². The van der Waals surface area contributed by atoms with E-state index in [1.165, 1.54) is 12.5 Å². The zero-order valence-corrected chi connectivity index (χ0v) is 15.4. The van der Waals surface area contributed by atoms with E-state index < -0.39 is 17.7 Å². The first-order chi connectivity index (χ1) is 12.8. The number of aromatic nitrogens is 2. The highest BCUT2D eigenvalue weighted by Crippen LogP contribution is 2.13. The SMILES string of the molecule is CC(C)(C)OC(=O)NC(Cc1ccoc1)C(=O)Nc1ccc2nccn2c1. The van der Waals surface area contributed by atoms with Crippen molar-refractivity contribution in [3.63, 3.8) is 0 Å². The summed E-state index contributed by atoms with van der Waals surface area (Å²) in [5.41, 5.74) is 1.49. The van der Waals surface area contributed by atoms with Gasteiger partial charge in [0.2, 0.25) is 5.91 Å². The number of carbonyl (C=O) groups excluding carboxylic acids is 2. The normalized spacial score (nSPS) is 12.6. The molecule has 8 nitrogen and oxygen atoms in total. The molecule has 0 aliphatic rings. The van der Waals surface area contributed by atoms with Gasteiger partial charge in [-0.25, -0.2) is 9.78 Å². The van der Waals surface area contributed by atoms with Crippen LogP contribution in [0.4, 0.5) is 10.5 Å². The minimum absolute atomic E-state index is 0.273. The number of furan rings is 1. The number of nitrogens with zero attached hydrogens (tertiary/aromatic N) is 2. The van der Waals surface area contributed by atoms with Gasteiger partial charge in [-0.3, -0.25) is 4.79 Å². The maximum absolute atomic E-state index is 12.8. The number of carbonyl (C=O) groups is 2. The minimum atomic E-state index is -0.823. The molecule has 3 rings (SSSR count). The molecule has 0 radical (unpaired) electrons. The summed E-state index contributed by atoms with van der Waals surface area (Å²) >= 11 is 0. The second-order valence-electron chi connectivity index (χ2n) is 7.13. The van der Waals surface area contributed by atoms with Gasteiger partial charge in [0.1, 0.15) is 17.3 Å². The van der Waals surface area contributed by atoms with Gasteiger partial charge in [-0.1, -0.05) is 0 Å². The molecular formula is C19H22N4O4. The first kappa shape index (κ1) is 18.5. The highest BCUT2D eigenvalue weighted by molar-refractivity contribution is 5.96. The van der Waals surface area contributed by atoms with Gasteiger partial charge in [0.05, 0.1) is 18.2 Å². The van der Waals surface area contributed by atoms with E-state index in [0.717, 1.165) is 11.2 Å². The molecule has 27 heavy (non-hydrogen) atoms. The predicted molar refractivity (Wildman–Crippen MR) is 99.4 cm³/mol. The molecule has 3 heterocycles. The van der Waals surface area contributed by atoms with Crippen LogP contribution in [0.2, 0.25) is 0 Å². The van der Waals surface area contributed by atoms with Gasteiger partial charge >= 0.3 is 6.09 Å². The number of hydrogen-bond donors (Lipinski definition) is 2. The lowest BCUT2D eigenvalue weighted by Crippen LogP contribution is -2.47. The Balaban J connectivity index is 1.73. The zero-order valence-electron chi connectivity index (χ0n) is 15.4. The molecule has 1 atom stereocenters. The molecule has 0 fully saturated rings. The van der Waals surface area contributed by atoms with E-state index in [4.69, 9.17) is 9.15 Å². The third-order valence-corrected chi connectivity index (χ3v) is 3.68. The number of anilines is 1. The summed E-state index contributed by atoms with van der Waals surface area (Å²) in [6, 6.07) is 4.47. The van der Waals surface area contributed by atoms with Crippen molar-refractivity contribution < 1.29 is 18.7 Å². The number of imidazole rings is 1. The van der Waals surface area contributed by atoms with Crippen LogP contribution in [-0.2, 0) is 16.0 Å². The smallest absolute Gasteiger partial charge is 0.408 e. The largest absolute Gasteiger partial charge is 0.472 e. The Kier molecular flexibility index (Phi) is 5.16. The standard InChI is InChI=1S/C19H22N4O4/c1-19(2,3)27-18(25)22-15(10-13-6-9-26-12-13)17(24)21-14-4-5-16-20-7-8-23(16)11-14/h4-9,11-12,15H,10H2,1-3H3,(H,21,24)(H,22,25). The Morgan fingerprint density at radius 3 is 2.81 bits per heavy atom. The van der Waals surface area contributed by atoms with Crippen LogP contribution < -0.4 is 10.6 Å². The van der Waals surface area contributed by atoms with E-state index in [0.29, 0.717) is 5.69 Å². The van der Waals surface area contributed by atoms with E-state index in [-0.39, 0.29) is 12.3 Å². The van der Waals surface area contributed by atoms with Crippen molar-refractivity contribution in [1.82, 2.24) is 14.7 Å². The van der Waals surface area contributed by atoms with E-state index in [9.17, 15) is 9.59 Å². The average Bonchev–Trinajstić information content (AvgIpc) is 3.23. The summed E-state index contributed by atoms with van der Waals surface area (Å²) < 4.78 is 12.1. The molecule has 0 aromatic carbocycles. The fraction of sp³-hybridized carbons (Fsp3) is 0.316. The van der Waals surface area contributed by atoms with Crippen molar-refractivity contribution in [2.24, 2.45) is 0 Å². The molecule has 0 saturated carbocycles. The van der Waals surface area contributed by atoms with Crippen LogP contribution in [0.1, 0.15) is 26.3 Å². The second kappa shape index (κ2) is 7.53.